The van der Waals surface area contributed by atoms with Gasteiger partial charge in [-0.25, -0.2) is 0 Å². The van der Waals surface area contributed by atoms with Gasteiger partial charge in [-0.05, 0) is 32.9 Å². The van der Waals surface area contributed by atoms with Crippen LogP contribution in [0.2, 0.25) is 0 Å². The highest BCUT2D eigenvalue weighted by atomic mass is 79.9. The largest absolute Gasteiger partial charge is 0.361 e. The number of amidine groups is 1. The van der Waals surface area contributed by atoms with E-state index in [1.54, 1.807) is 23.1 Å². The van der Waals surface area contributed by atoms with Crippen LogP contribution in [0.15, 0.2) is 20.2 Å². The molecular weight excluding hydrogens is 268 g/mol. The predicted molar refractivity (Wildman–Crippen MR) is 63.6 cm³/mol. The number of thioether (sulfide) groups is 1. The third kappa shape index (κ3) is 2.48. The maximum Gasteiger partial charge on any atom is 0.156 e. The van der Waals surface area contributed by atoms with Gasteiger partial charge in [0.1, 0.15) is 0 Å². The monoisotopic (exact) mass is 276 g/mol. The Morgan fingerprint density at radius 1 is 1.62 bits per heavy atom. The molecule has 0 saturated carbocycles. The summed E-state index contributed by atoms with van der Waals surface area (Å²) in [5.74, 6) is 1.12. The summed E-state index contributed by atoms with van der Waals surface area (Å²) in [4.78, 5) is 4.32. The molecule has 0 amide bonds. The number of aliphatic imine (C=N–C) groups is 1. The molecule has 0 spiro atoms. The molecule has 2 heterocycles. The molecule has 1 aromatic rings. The van der Waals surface area contributed by atoms with E-state index in [1.165, 1.54) is 9.35 Å². The molecule has 0 atom stereocenters. The molecule has 1 aliphatic rings. The van der Waals surface area contributed by atoms with E-state index in [0.717, 1.165) is 24.0 Å². The van der Waals surface area contributed by atoms with Gasteiger partial charge in [0.15, 0.2) is 5.17 Å². The highest BCUT2D eigenvalue weighted by Crippen LogP contribution is 2.23. The lowest BCUT2D eigenvalue weighted by atomic mass is 10.3. The fourth-order valence-electron chi connectivity index (χ4n) is 1.06. The van der Waals surface area contributed by atoms with Crippen LogP contribution in [0.3, 0.4) is 0 Å². The number of hydrogen-bond donors (Lipinski definition) is 1. The number of nitrogens with zero attached hydrogens (tertiary/aromatic N) is 1. The number of nitrogens with one attached hydrogen (secondary N) is 1. The Morgan fingerprint density at radius 3 is 3.15 bits per heavy atom. The minimum Gasteiger partial charge on any atom is -0.361 e. The molecule has 13 heavy (non-hydrogen) atoms. The van der Waals surface area contributed by atoms with Gasteiger partial charge in [0.2, 0.25) is 0 Å². The molecule has 70 valence electrons. The maximum atomic E-state index is 4.32. The Balaban J connectivity index is 1.89. The summed E-state index contributed by atoms with van der Waals surface area (Å²) in [6.07, 6.45) is 0. The molecular formula is C8H9BrN2S2. The molecule has 2 nitrogen and oxygen atoms in total. The summed E-state index contributed by atoms with van der Waals surface area (Å²) in [6, 6.07) is 2.13. The van der Waals surface area contributed by atoms with Crippen molar-refractivity contribution in [3.05, 3.63) is 20.8 Å². The van der Waals surface area contributed by atoms with E-state index in [9.17, 15) is 0 Å². The average molecular weight is 277 g/mol. The Labute approximate surface area is 94.0 Å². The highest BCUT2D eigenvalue weighted by molar-refractivity contribution is 9.11. The first-order chi connectivity index (χ1) is 6.36. The third-order valence-corrected chi connectivity index (χ3v) is 4.45. The van der Waals surface area contributed by atoms with E-state index in [-0.39, 0.29) is 0 Å². The van der Waals surface area contributed by atoms with E-state index in [4.69, 9.17) is 0 Å². The van der Waals surface area contributed by atoms with Crippen LogP contribution in [-0.2, 0) is 6.54 Å². The van der Waals surface area contributed by atoms with Crippen molar-refractivity contribution in [1.29, 1.82) is 0 Å². The van der Waals surface area contributed by atoms with Crippen LogP contribution in [0.25, 0.3) is 0 Å². The summed E-state index contributed by atoms with van der Waals surface area (Å²) in [5, 5.41) is 6.48. The fourth-order valence-corrected chi connectivity index (χ4v) is 3.03. The molecule has 0 radical (unpaired) electrons. The van der Waals surface area contributed by atoms with Gasteiger partial charge in [0.25, 0.3) is 0 Å². The molecule has 0 unspecified atom stereocenters. The van der Waals surface area contributed by atoms with Gasteiger partial charge in [-0.2, -0.15) is 0 Å². The highest BCUT2D eigenvalue weighted by Gasteiger charge is 2.07. The number of thiophene rings is 1. The normalized spacial score (nSPS) is 15.9. The lowest BCUT2D eigenvalue weighted by Gasteiger charge is -2.03. The van der Waals surface area contributed by atoms with Crippen LogP contribution in [0.5, 0.6) is 0 Å². The Morgan fingerprint density at radius 2 is 2.54 bits per heavy atom. The molecule has 5 heteroatoms. The van der Waals surface area contributed by atoms with E-state index in [0.29, 0.717) is 0 Å². The van der Waals surface area contributed by atoms with Gasteiger partial charge in [0.05, 0.1) is 10.3 Å². The second-order valence-electron chi connectivity index (χ2n) is 2.61. The predicted octanol–water partition coefficient (Wildman–Crippen LogP) is 2.70. The van der Waals surface area contributed by atoms with E-state index >= 15 is 0 Å². The molecule has 1 aromatic heterocycles. The molecule has 0 aliphatic carbocycles. The molecule has 2 rings (SSSR count). The maximum absolute atomic E-state index is 4.32. The molecule has 0 fully saturated rings. The zero-order chi connectivity index (χ0) is 9.10. The number of halogens is 1. The van der Waals surface area contributed by atoms with Crippen molar-refractivity contribution in [1.82, 2.24) is 5.32 Å². The van der Waals surface area contributed by atoms with Crippen molar-refractivity contribution in [3.8, 4) is 0 Å². The van der Waals surface area contributed by atoms with E-state index < -0.39 is 0 Å². The Kier molecular flexibility index (Phi) is 3.29. The molecule has 1 aliphatic heterocycles. The number of hydrogen-bond acceptors (Lipinski definition) is 4. The third-order valence-electron chi connectivity index (χ3n) is 1.71. The van der Waals surface area contributed by atoms with Crippen molar-refractivity contribution in [2.45, 2.75) is 6.54 Å². The second-order valence-corrected chi connectivity index (χ2v) is 5.93. The van der Waals surface area contributed by atoms with E-state index in [1.807, 2.05) is 0 Å². The van der Waals surface area contributed by atoms with Crippen LogP contribution in [0.1, 0.15) is 5.56 Å². The van der Waals surface area contributed by atoms with Crippen LogP contribution in [0, 0.1) is 0 Å². The standard InChI is InChI=1S/C8H9BrN2S2/c9-7-6(1-3-12-7)5-11-8-10-2-4-13-8/h1,3H,2,4-5H2,(H,10,11). The topological polar surface area (TPSA) is 24.4 Å². The molecule has 0 saturated heterocycles. The quantitative estimate of drug-likeness (QED) is 0.898. The smallest absolute Gasteiger partial charge is 0.156 e. The fraction of sp³-hybridized carbons (Fsp3) is 0.375. The van der Waals surface area contributed by atoms with Gasteiger partial charge in [-0.15, -0.1) is 11.3 Å². The second kappa shape index (κ2) is 4.48. The summed E-state index contributed by atoms with van der Waals surface area (Å²) >= 11 is 7.02. The van der Waals surface area contributed by atoms with Gasteiger partial charge < -0.3 is 5.32 Å². The average Bonchev–Trinajstić information content (AvgIpc) is 2.72. The number of rotatable bonds is 2. The SMILES string of the molecule is Brc1sccc1CNC1=NCCS1. The van der Waals surface area contributed by atoms with Crippen molar-refractivity contribution in [3.63, 3.8) is 0 Å². The van der Waals surface area contributed by atoms with Gasteiger partial charge in [-0.1, -0.05) is 11.8 Å². The minimum atomic E-state index is 0.871. The van der Waals surface area contributed by atoms with Crippen LogP contribution in [-0.4, -0.2) is 17.5 Å². The first-order valence-corrected chi connectivity index (χ1v) is 6.65. The molecule has 0 aromatic carbocycles. The molecule has 1 N–H and O–H groups in total. The van der Waals surface area contributed by atoms with E-state index in [2.05, 4.69) is 37.7 Å². The first kappa shape index (κ1) is 9.55. The van der Waals surface area contributed by atoms with Gasteiger partial charge >= 0.3 is 0 Å². The zero-order valence-electron chi connectivity index (χ0n) is 6.92. The Hall–Kier alpha value is -0.000000000000000111. The summed E-state index contributed by atoms with van der Waals surface area (Å²) in [6.45, 7) is 1.83. The van der Waals surface area contributed by atoms with Crippen molar-refractivity contribution < 1.29 is 0 Å². The first-order valence-electron chi connectivity index (χ1n) is 3.99. The van der Waals surface area contributed by atoms with Crippen molar-refractivity contribution in [2.75, 3.05) is 12.3 Å². The summed E-state index contributed by atoms with van der Waals surface area (Å²) < 4.78 is 1.21. The zero-order valence-corrected chi connectivity index (χ0v) is 10.1. The van der Waals surface area contributed by atoms with Crippen molar-refractivity contribution >= 4 is 44.2 Å². The van der Waals surface area contributed by atoms with Gasteiger partial charge in [0, 0.05) is 12.3 Å². The van der Waals surface area contributed by atoms with Crippen molar-refractivity contribution in [2.24, 2.45) is 4.99 Å². The van der Waals surface area contributed by atoms with Crippen LogP contribution in [0.4, 0.5) is 0 Å². The Bertz CT molecular complexity index is 322. The lowest BCUT2D eigenvalue weighted by Crippen LogP contribution is -2.17. The minimum absolute atomic E-state index is 0.871. The van der Waals surface area contributed by atoms with Crippen LogP contribution >= 0.6 is 39.0 Å². The summed E-state index contributed by atoms with van der Waals surface area (Å²) in [7, 11) is 0. The van der Waals surface area contributed by atoms with Crippen LogP contribution < -0.4 is 5.32 Å². The van der Waals surface area contributed by atoms with Gasteiger partial charge in [-0.3, -0.25) is 4.99 Å². The summed E-state index contributed by atoms with van der Waals surface area (Å²) in [5.41, 5.74) is 1.31. The lowest BCUT2D eigenvalue weighted by molar-refractivity contribution is 0.924. The molecule has 0 bridgehead atoms.